The van der Waals surface area contributed by atoms with Crippen LogP contribution >= 0.6 is 0 Å². The van der Waals surface area contributed by atoms with Gasteiger partial charge in [-0.1, -0.05) is 0 Å². The monoisotopic (exact) mass is 185 g/mol. The Morgan fingerprint density at radius 1 is 1.31 bits per heavy atom. The number of nitrogens with zero attached hydrogens (tertiary/aromatic N) is 2. The lowest BCUT2D eigenvalue weighted by Gasteiger charge is -2.07. The van der Waals surface area contributed by atoms with Gasteiger partial charge in [-0.3, -0.25) is 4.79 Å². The first-order chi connectivity index (χ1) is 6.07. The van der Waals surface area contributed by atoms with Crippen molar-refractivity contribution in [1.82, 2.24) is 9.78 Å². The van der Waals surface area contributed by atoms with Gasteiger partial charge in [0, 0.05) is 0 Å². The average molecular weight is 185 g/mol. The molecule has 7 nitrogen and oxygen atoms in total. The molecule has 7 heteroatoms. The minimum atomic E-state index is -0.541. The Bertz CT molecular complexity index is 372. The second-order valence-electron chi connectivity index (χ2n) is 2.46. The van der Waals surface area contributed by atoms with E-state index in [1.54, 1.807) is 0 Å². The van der Waals surface area contributed by atoms with E-state index in [1.807, 2.05) is 0 Å². The molecule has 0 aliphatic heterocycles. The molecule has 0 radical (unpaired) electrons. The molecule has 1 rings (SSSR count). The van der Waals surface area contributed by atoms with Crippen molar-refractivity contribution < 1.29 is 5.11 Å². The third-order valence-corrected chi connectivity index (χ3v) is 1.57. The molecular weight excluding hydrogens is 174 g/mol. The SMILES string of the molecule is Nc1nn(CCO)c(=O)c(N)c1N. The minimum absolute atomic E-state index is 0.00875. The number of rotatable bonds is 2. The van der Waals surface area contributed by atoms with Crippen LogP contribution in [0.4, 0.5) is 17.2 Å². The summed E-state index contributed by atoms with van der Waals surface area (Å²) in [5.74, 6) is -0.00875. The highest BCUT2D eigenvalue weighted by Crippen LogP contribution is 2.13. The van der Waals surface area contributed by atoms with Crippen LogP contribution in [-0.2, 0) is 6.54 Å². The van der Waals surface area contributed by atoms with Crippen LogP contribution in [0.5, 0.6) is 0 Å². The van der Waals surface area contributed by atoms with Crippen molar-refractivity contribution in [3.63, 3.8) is 0 Å². The number of nitrogens with two attached hydrogens (primary N) is 3. The van der Waals surface area contributed by atoms with Crippen LogP contribution in [0.15, 0.2) is 4.79 Å². The number of aliphatic hydroxyl groups excluding tert-OH is 1. The smallest absolute Gasteiger partial charge is 0.292 e. The van der Waals surface area contributed by atoms with E-state index in [0.717, 1.165) is 4.68 Å². The predicted molar refractivity (Wildman–Crippen MR) is 48.8 cm³/mol. The van der Waals surface area contributed by atoms with E-state index in [4.69, 9.17) is 22.3 Å². The van der Waals surface area contributed by atoms with Crippen LogP contribution in [0.3, 0.4) is 0 Å². The molecule has 0 aliphatic carbocycles. The Morgan fingerprint density at radius 2 is 1.92 bits per heavy atom. The van der Waals surface area contributed by atoms with Gasteiger partial charge in [-0.15, -0.1) is 5.10 Å². The van der Waals surface area contributed by atoms with Gasteiger partial charge in [-0.2, -0.15) is 0 Å². The molecule has 0 fully saturated rings. The zero-order valence-corrected chi connectivity index (χ0v) is 6.90. The zero-order valence-electron chi connectivity index (χ0n) is 6.90. The quantitative estimate of drug-likeness (QED) is 0.420. The maximum absolute atomic E-state index is 11.3. The van der Waals surface area contributed by atoms with E-state index in [9.17, 15) is 4.79 Å². The first-order valence-electron chi connectivity index (χ1n) is 3.60. The Morgan fingerprint density at radius 3 is 2.46 bits per heavy atom. The maximum atomic E-state index is 11.3. The largest absolute Gasteiger partial charge is 0.394 e. The standard InChI is InChI=1S/C6H11N5O2/c7-3-4(8)6(13)11(1-2-12)10-5(3)9/h12H,1-2,7-8H2,(H2,9,10). The highest BCUT2D eigenvalue weighted by Gasteiger charge is 2.08. The Hall–Kier alpha value is -1.76. The molecule has 0 saturated carbocycles. The lowest BCUT2D eigenvalue weighted by atomic mass is 10.4. The molecule has 72 valence electrons. The molecule has 13 heavy (non-hydrogen) atoms. The number of hydrogen-bond acceptors (Lipinski definition) is 6. The van der Waals surface area contributed by atoms with E-state index in [2.05, 4.69) is 5.10 Å². The van der Waals surface area contributed by atoms with Crippen LogP contribution in [0.25, 0.3) is 0 Å². The molecule has 0 saturated heterocycles. The highest BCUT2D eigenvalue weighted by molar-refractivity contribution is 5.72. The number of hydrogen-bond donors (Lipinski definition) is 4. The van der Waals surface area contributed by atoms with Gasteiger partial charge in [0.25, 0.3) is 5.56 Å². The molecule has 0 aromatic carbocycles. The van der Waals surface area contributed by atoms with Crippen molar-refractivity contribution in [2.75, 3.05) is 23.8 Å². The van der Waals surface area contributed by atoms with E-state index in [1.165, 1.54) is 0 Å². The topological polar surface area (TPSA) is 133 Å². The number of nitrogen functional groups attached to an aromatic ring is 3. The maximum Gasteiger partial charge on any atom is 0.292 e. The molecule has 0 spiro atoms. The molecule has 0 bridgehead atoms. The van der Waals surface area contributed by atoms with Crippen molar-refractivity contribution in [3.05, 3.63) is 10.4 Å². The summed E-state index contributed by atoms with van der Waals surface area (Å²) in [7, 11) is 0. The molecule has 1 aromatic rings. The summed E-state index contributed by atoms with van der Waals surface area (Å²) in [5, 5.41) is 12.2. The van der Waals surface area contributed by atoms with Gasteiger partial charge in [0.1, 0.15) is 11.4 Å². The van der Waals surface area contributed by atoms with Crippen LogP contribution < -0.4 is 22.8 Å². The Kier molecular flexibility index (Phi) is 2.38. The van der Waals surface area contributed by atoms with Crippen molar-refractivity contribution in [2.24, 2.45) is 0 Å². The van der Waals surface area contributed by atoms with Gasteiger partial charge in [-0.05, 0) is 0 Å². The van der Waals surface area contributed by atoms with Gasteiger partial charge < -0.3 is 22.3 Å². The number of aromatic nitrogens is 2. The van der Waals surface area contributed by atoms with Gasteiger partial charge in [0.2, 0.25) is 0 Å². The van der Waals surface area contributed by atoms with Crippen LogP contribution in [0.1, 0.15) is 0 Å². The fourth-order valence-electron chi connectivity index (χ4n) is 0.868. The summed E-state index contributed by atoms with van der Waals surface area (Å²) >= 11 is 0. The van der Waals surface area contributed by atoms with Gasteiger partial charge >= 0.3 is 0 Å². The van der Waals surface area contributed by atoms with Crippen LogP contribution in [0, 0.1) is 0 Å². The summed E-state index contributed by atoms with van der Waals surface area (Å²) in [6.07, 6.45) is 0. The first-order valence-corrected chi connectivity index (χ1v) is 3.60. The third kappa shape index (κ3) is 1.54. The lowest BCUT2D eigenvalue weighted by Crippen LogP contribution is -2.29. The van der Waals surface area contributed by atoms with Gasteiger partial charge in [0.15, 0.2) is 5.82 Å². The second kappa shape index (κ2) is 3.31. The van der Waals surface area contributed by atoms with E-state index in [-0.39, 0.29) is 30.3 Å². The van der Waals surface area contributed by atoms with Gasteiger partial charge in [-0.25, -0.2) is 4.68 Å². The summed E-state index contributed by atoms with van der Waals surface area (Å²) in [4.78, 5) is 11.3. The number of aliphatic hydroxyl groups is 1. The van der Waals surface area contributed by atoms with E-state index in [0.29, 0.717) is 0 Å². The van der Waals surface area contributed by atoms with E-state index >= 15 is 0 Å². The number of anilines is 3. The molecular formula is C6H11N5O2. The highest BCUT2D eigenvalue weighted by atomic mass is 16.3. The van der Waals surface area contributed by atoms with Crippen LogP contribution in [-0.4, -0.2) is 21.5 Å². The molecule has 7 N–H and O–H groups in total. The van der Waals surface area contributed by atoms with Crippen molar-refractivity contribution in [3.8, 4) is 0 Å². The average Bonchev–Trinajstić information content (AvgIpc) is 2.11. The summed E-state index contributed by atoms with van der Waals surface area (Å²) in [5.41, 5.74) is 15.4. The van der Waals surface area contributed by atoms with Crippen molar-refractivity contribution >= 4 is 17.2 Å². The fraction of sp³-hybridized carbons (Fsp3) is 0.333. The van der Waals surface area contributed by atoms with E-state index < -0.39 is 5.56 Å². The Labute approximate surface area is 73.8 Å². The van der Waals surface area contributed by atoms with Crippen molar-refractivity contribution in [1.29, 1.82) is 0 Å². The normalized spacial score (nSPS) is 10.2. The summed E-state index contributed by atoms with van der Waals surface area (Å²) in [6, 6.07) is 0. The predicted octanol–water partition coefficient (Wildman–Crippen LogP) is -2.02. The summed E-state index contributed by atoms with van der Waals surface area (Å²) in [6.45, 7) is -0.163. The second-order valence-corrected chi connectivity index (χ2v) is 2.46. The van der Waals surface area contributed by atoms with Crippen molar-refractivity contribution in [2.45, 2.75) is 6.54 Å². The third-order valence-electron chi connectivity index (χ3n) is 1.57. The molecule has 0 aliphatic rings. The summed E-state index contributed by atoms with van der Waals surface area (Å²) < 4.78 is 0.973. The lowest BCUT2D eigenvalue weighted by molar-refractivity contribution is 0.266. The van der Waals surface area contributed by atoms with Gasteiger partial charge in [0.05, 0.1) is 13.2 Å². The first kappa shape index (κ1) is 9.33. The van der Waals surface area contributed by atoms with Crippen LogP contribution in [0.2, 0.25) is 0 Å². The molecule has 0 atom stereocenters. The fourth-order valence-corrected chi connectivity index (χ4v) is 0.868. The Balaban J connectivity index is 3.33. The molecule has 1 aromatic heterocycles. The molecule has 0 unspecified atom stereocenters. The zero-order chi connectivity index (χ0) is 10.0. The molecule has 0 amide bonds. The minimum Gasteiger partial charge on any atom is -0.394 e. The molecule has 1 heterocycles.